The molecule has 0 aliphatic rings. The predicted octanol–water partition coefficient (Wildman–Crippen LogP) is 3.01. The number of anilines is 1. The molecule has 1 heterocycles. The van der Waals surface area contributed by atoms with Crippen LogP contribution in [0.1, 0.15) is 21.7 Å². The van der Waals surface area contributed by atoms with E-state index >= 15 is 0 Å². The van der Waals surface area contributed by atoms with Crippen LogP contribution in [0.3, 0.4) is 0 Å². The number of carbonyl (C=O) groups is 1. The standard InChI is InChI=1S/C15H11F2NO2S/c16-11-4-5-12(17)13(9-11)18-15(20)14-10(6-8-21-14)3-1-2-7-19/h4-6,8-9,19H,2,7H2,(H,18,20). The SMILES string of the molecule is O=C(Nc1cc(F)ccc1F)c1sccc1C#CCCO. The van der Waals surface area contributed by atoms with Gasteiger partial charge in [-0.2, -0.15) is 0 Å². The van der Waals surface area contributed by atoms with Crippen LogP contribution in [-0.4, -0.2) is 17.6 Å². The topological polar surface area (TPSA) is 49.3 Å². The Kier molecular flexibility index (Phi) is 5.04. The largest absolute Gasteiger partial charge is 0.395 e. The fourth-order valence-electron chi connectivity index (χ4n) is 1.57. The summed E-state index contributed by atoms with van der Waals surface area (Å²) in [6.07, 6.45) is 0.301. The summed E-state index contributed by atoms with van der Waals surface area (Å²) in [7, 11) is 0. The second-order valence-electron chi connectivity index (χ2n) is 4.02. The van der Waals surface area contributed by atoms with Gasteiger partial charge in [-0.25, -0.2) is 8.78 Å². The molecule has 0 saturated heterocycles. The number of hydrogen-bond acceptors (Lipinski definition) is 3. The van der Waals surface area contributed by atoms with E-state index in [4.69, 9.17) is 5.11 Å². The Morgan fingerprint density at radius 3 is 2.90 bits per heavy atom. The molecule has 21 heavy (non-hydrogen) atoms. The van der Waals surface area contributed by atoms with Crippen molar-refractivity contribution in [2.75, 3.05) is 11.9 Å². The molecule has 3 nitrogen and oxygen atoms in total. The summed E-state index contributed by atoms with van der Waals surface area (Å²) in [5, 5.41) is 12.7. The van der Waals surface area contributed by atoms with Gasteiger partial charge in [0, 0.05) is 18.1 Å². The van der Waals surface area contributed by atoms with Crippen LogP contribution in [0, 0.1) is 23.5 Å². The lowest BCUT2D eigenvalue weighted by Crippen LogP contribution is -2.12. The third kappa shape index (κ3) is 3.88. The first-order valence-corrected chi connectivity index (χ1v) is 6.93. The average molecular weight is 307 g/mol. The van der Waals surface area contributed by atoms with Crippen molar-refractivity contribution in [2.45, 2.75) is 6.42 Å². The molecule has 2 rings (SSSR count). The molecule has 2 aromatic rings. The second kappa shape index (κ2) is 6.97. The summed E-state index contributed by atoms with van der Waals surface area (Å²) >= 11 is 1.15. The van der Waals surface area contributed by atoms with E-state index in [-0.39, 0.29) is 12.3 Å². The molecule has 0 aliphatic heterocycles. The summed E-state index contributed by atoms with van der Waals surface area (Å²) in [5.41, 5.74) is 0.269. The molecule has 1 aromatic heterocycles. The van der Waals surface area contributed by atoms with E-state index in [9.17, 15) is 13.6 Å². The fraction of sp³-hybridized carbons (Fsp3) is 0.133. The van der Waals surface area contributed by atoms with Gasteiger partial charge in [0.2, 0.25) is 0 Å². The van der Waals surface area contributed by atoms with Crippen molar-refractivity contribution in [3.8, 4) is 11.8 Å². The quantitative estimate of drug-likeness (QED) is 0.856. The minimum atomic E-state index is -0.714. The van der Waals surface area contributed by atoms with E-state index in [2.05, 4.69) is 17.2 Å². The lowest BCUT2D eigenvalue weighted by molar-refractivity contribution is 0.103. The highest BCUT2D eigenvalue weighted by molar-refractivity contribution is 7.12. The van der Waals surface area contributed by atoms with Crippen molar-refractivity contribution >= 4 is 22.9 Å². The minimum Gasteiger partial charge on any atom is -0.395 e. The Hall–Kier alpha value is -2.23. The van der Waals surface area contributed by atoms with Gasteiger partial charge in [-0.3, -0.25) is 4.79 Å². The molecule has 6 heteroatoms. The number of thiophene rings is 1. The number of carbonyl (C=O) groups excluding carboxylic acids is 1. The van der Waals surface area contributed by atoms with Gasteiger partial charge in [-0.05, 0) is 23.6 Å². The number of hydrogen-bond donors (Lipinski definition) is 2. The maximum Gasteiger partial charge on any atom is 0.267 e. The Balaban J connectivity index is 2.20. The van der Waals surface area contributed by atoms with Gasteiger partial charge < -0.3 is 10.4 Å². The number of benzene rings is 1. The first-order chi connectivity index (χ1) is 10.1. The zero-order valence-corrected chi connectivity index (χ0v) is 11.6. The maximum atomic E-state index is 13.5. The van der Waals surface area contributed by atoms with E-state index < -0.39 is 17.5 Å². The van der Waals surface area contributed by atoms with E-state index in [0.29, 0.717) is 16.9 Å². The van der Waals surface area contributed by atoms with E-state index in [1.165, 1.54) is 0 Å². The van der Waals surface area contributed by atoms with Gasteiger partial charge >= 0.3 is 0 Å². The van der Waals surface area contributed by atoms with Crippen LogP contribution in [0.4, 0.5) is 14.5 Å². The van der Waals surface area contributed by atoms with E-state index in [0.717, 1.165) is 29.5 Å². The zero-order chi connectivity index (χ0) is 15.2. The van der Waals surface area contributed by atoms with Gasteiger partial charge in [0.05, 0.1) is 12.3 Å². The molecule has 0 aliphatic carbocycles. The van der Waals surface area contributed by atoms with Crippen molar-refractivity contribution in [1.29, 1.82) is 0 Å². The van der Waals surface area contributed by atoms with Gasteiger partial charge in [0.15, 0.2) is 0 Å². The zero-order valence-electron chi connectivity index (χ0n) is 10.8. The molecule has 0 fully saturated rings. The summed E-state index contributed by atoms with van der Waals surface area (Å²) in [4.78, 5) is 12.4. The van der Waals surface area contributed by atoms with Crippen LogP contribution >= 0.6 is 11.3 Å². The van der Waals surface area contributed by atoms with Gasteiger partial charge in [-0.15, -0.1) is 11.3 Å². The third-order valence-electron chi connectivity index (χ3n) is 2.51. The van der Waals surface area contributed by atoms with Crippen LogP contribution in [0.25, 0.3) is 0 Å². The molecule has 0 saturated carbocycles. The summed E-state index contributed by atoms with van der Waals surface area (Å²) in [5.74, 6) is 3.56. The number of aliphatic hydroxyl groups is 1. The molecule has 0 radical (unpaired) electrons. The molecule has 1 aromatic carbocycles. The fourth-order valence-corrected chi connectivity index (χ4v) is 2.31. The predicted molar refractivity (Wildman–Crippen MR) is 77.2 cm³/mol. The molecule has 0 spiro atoms. The van der Waals surface area contributed by atoms with Gasteiger partial charge in [-0.1, -0.05) is 11.8 Å². The molecule has 108 valence electrons. The van der Waals surface area contributed by atoms with Crippen molar-refractivity contribution in [3.05, 3.63) is 51.7 Å². The molecule has 1 amide bonds. The summed E-state index contributed by atoms with van der Waals surface area (Å²) < 4.78 is 26.6. The number of aliphatic hydroxyl groups excluding tert-OH is 1. The Labute approximate surface area is 124 Å². The second-order valence-corrected chi connectivity index (χ2v) is 4.93. The van der Waals surface area contributed by atoms with E-state index in [1.54, 1.807) is 11.4 Å². The minimum absolute atomic E-state index is 0.0623. The maximum absolute atomic E-state index is 13.5. The average Bonchev–Trinajstić information content (AvgIpc) is 2.92. The van der Waals surface area contributed by atoms with Crippen molar-refractivity contribution in [2.24, 2.45) is 0 Å². The lowest BCUT2D eigenvalue weighted by atomic mass is 10.2. The Morgan fingerprint density at radius 1 is 1.33 bits per heavy atom. The number of amides is 1. The highest BCUT2D eigenvalue weighted by Gasteiger charge is 2.14. The number of nitrogens with one attached hydrogen (secondary N) is 1. The van der Waals surface area contributed by atoms with Crippen LogP contribution in [-0.2, 0) is 0 Å². The number of rotatable bonds is 3. The van der Waals surface area contributed by atoms with Gasteiger partial charge in [0.25, 0.3) is 5.91 Å². The third-order valence-corrected chi connectivity index (χ3v) is 3.42. The molecule has 0 atom stereocenters. The smallest absolute Gasteiger partial charge is 0.267 e. The monoisotopic (exact) mass is 307 g/mol. The first-order valence-electron chi connectivity index (χ1n) is 6.05. The normalized spacial score (nSPS) is 9.86. The number of halogens is 2. The van der Waals surface area contributed by atoms with Crippen LogP contribution < -0.4 is 5.32 Å². The van der Waals surface area contributed by atoms with Crippen molar-refractivity contribution in [1.82, 2.24) is 0 Å². The van der Waals surface area contributed by atoms with Gasteiger partial charge in [0.1, 0.15) is 16.5 Å². The van der Waals surface area contributed by atoms with Crippen LogP contribution in [0.5, 0.6) is 0 Å². The van der Waals surface area contributed by atoms with Crippen LogP contribution in [0.2, 0.25) is 0 Å². The van der Waals surface area contributed by atoms with Crippen LogP contribution in [0.15, 0.2) is 29.6 Å². The summed E-state index contributed by atoms with van der Waals surface area (Å²) in [6.45, 7) is -0.0623. The molecular weight excluding hydrogens is 296 g/mol. The highest BCUT2D eigenvalue weighted by atomic mass is 32.1. The molecule has 0 bridgehead atoms. The Morgan fingerprint density at radius 2 is 2.14 bits per heavy atom. The summed E-state index contributed by atoms with van der Waals surface area (Å²) in [6, 6.07) is 4.49. The molecule has 2 N–H and O–H groups in total. The lowest BCUT2D eigenvalue weighted by Gasteiger charge is -2.05. The highest BCUT2D eigenvalue weighted by Crippen LogP contribution is 2.20. The molecular formula is C15H11F2NO2S. The Bertz CT molecular complexity index is 716. The van der Waals surface area contributed by atoms with E-state index in [1.807, 2.05) is 0 Å². The van der Waals surface area contributed by atoms with Crippen molar-refractivity contribution in [3.63, 3.8) is 0 Å². The van der Waals surface area contributed by atoms with Crippen molar-refractivity contribution < 1.29 is 18.7 Å². The molecule has 0 unspecified atom stereocenters. The first kappa shape index (κ1) is 15.2.